The summed E-state index contributed by atoms with van der Waals surface area (Å²) in [7, 11) is -3.86. The van der Waals surface area contributed by atoms with E-state index in [0.717, 1.165) is 18.7 Å². The second-order valence-corrected chi connectivity index (χ2v) is 8.87. The van der Waals surface area contributed by atoms with Gasteiger partial charge in [0.1, 0.15) is 5.75 Å². The van der Waals surface area contributed by atoms with Gasteiger partial charge in [0.2, 0.25) is 26.6 Å². The van der Waals surface area contributed by atoms with E-state index in [1.165, 1.54) is 0 Å². The van der Waals surface area contributed by atoms with Gasteiger partial charge in [-0.3, -0.25) is 0 Å². The fraction of sp³-hybridized carbons (Fsp3) is 0.217. The first-order valence-electron chi connectivity index (χ1n) is 10.3. The van der Waals surface area contributed by atoms with E-state index in [2.05, 4.69) is 15.3 Å². The molecule has 0 saturated heterocycles. The summed E-state index contributed by atoms with van der Waals surface area (Å²) in [5.41, 5.74) is 0.657. The van der Waals surface area contributed by atoms with Gasteiger partial charge in [0, 0.05) is 31.0 Å². The van der Waals surface area contributed by atoms with Crippen molar-refractivity contribution in [2.24, 2.45) is 0 Å². The van der Waals surface area contributed by atoms with Gasteiger partial charge in [0.05, 0.1) is 17.8 Å². The van der Waals surface area contributed by atoms with E-state index in [0.29, 0.717) is 18.7 Å². The van der Waals surface area contributed by atoms with Gasteiger partial charge < -0.3 is 19.0 Å². The lowest BCUT2D eigenvalue weighted by atomic mass is 10.2. The molecular weight excluding hydrogens is 428 g/mol. The van der Waals surface area contributed by atoms with Crippen LogP contribution in [0.1, 0.15) is 13.3 Å². The third-order valence-corrected chi connectivity index (χ3v) is 6.43. The minimum Gasteiger partial charge on any atom is -0.494 e. The molecule has 1 N–H and O–H groups in total. The van der Waals surface area contributed by atoms with Gasteiger partial charge in [0.15, 0.2) is 0 Å². The highest BCUT2D eigenvalue weighted by molar-refractivity contribution is 7.91. The summed E-state index contributed by atoms with van der Waals surface area (Å²) in [6, 6.07) is 15.4. The summed E-state index contributed by atoms with van der Waals surface area (Å²) in [6.45, 7) is 3.72. The Morgan fingerprint density at radius 2 is 1.88 bits per heavy atom. The molecule has 0 saturated carbocycles. The largest absolute Gasteiger partial charge is 0.494 e. The lowest BCUT2D eigenvalue weighted by Crippen LogP contribution is -2.09. The number of oxazole rings is 1. The Bertz CT molecular complexity index is 1240. The van der Waals surface area contributed by atoms with Crippen LogP contribution in [0.5, 0.6) is 5.75 Å². The fourth-order valence-electron chi connectivity index (χ4n) is 3.18. The summed E-state index contributed by atoms with van der Waals surface area (Å²) < 4.78 is 39.8. The van der Waals surface area contributed by atoms with Crippen molar-refractivity contribution in [2.75, 3.05) is 18.5 Å². The van der Waals surface area contributed by atoms with Crippen molar-refractivity contribution >= 4 is 15.7 Å². The normalized spacial score (nSPS) is 11.4. The molecule has 0 spiro atoms. The highest BCUT2D eigenvalue weighted by atomic mass is 32.2. The van der Waals surface area contributed by atoms with Crippen molar-refractivity contribution in [3.63, 3.8) is 0 Å². The van der Waals surface area contributed by atoms with Crippen molar-refractivity contribution < 1.29 is 17.6 Å². The molecule has 8 nitrogen and oxygen atoms in total. The molecular formula is C23H24N4O4S. The molecule has 32 heavy (non-hydrogen) atoms. The molecule has 4 rings (SSSR count). The number of sulfone groups is 1. The van der Waals surface area contributed by atoms with Crippen LogP contribution in [-0.2, 0) is 16.4 Å². The third-order valence-electron chi connectivity index (χ3n) is 4.75. The van der Waals surface area contributed by atoms with Crippen LogP contribution in [0.25, 0.3) is 11.5 Å². The summed E-state index contributed by atoms with van der Waals surface area (Å²) in [5.74, 6) is 1.07. The van der Waals surface area contributed by atoms with Gasteiger partial charge in [0.25, 0.3) is 0 Å². The number of aromatic nitrogens is 3. The summed E-state index contributed by atoms with van der Waals surface area (Å²) in [6.07, 6.45) is 6.09. The van der Waals surface area contributed by atoms with Gasteiger partial charge in [-0.05, 0) is 49.7 Å². The van der Waals surface area contributed by atoms with Crippen molar-refractivity contribution in [1.29, 1.82) is 0 Å². The third kappa shape index (κ3) is 4.83. The van der Waals surface area contributed by atoms with Gasteiger partial charge in [-0.15, -0.1) is 0 Å². The van der Waals surface area contributed by atoms with Crippen LogP contribution in [-0.4, -0.2) is 36.1 Å². The van der Waals surface area contributed by atoms with E-state index in [4.69, 9.17) is 9.15 Å². The number of hydrogen-bond acceptors (Lipinski definition) is 7. The zero-order chi connectivity index (χ0) is 22.4. The van der Waals surface area contributed by atoms with E-state index in [-0.39, 0.29) is 21.7 Å². The minimum absolute atomic E-state index is 0.128. The molecule has 0 radical (unpaired) electrons. The average Bonchev–Trinajstić information content (AvgIpc) is 3.49. The Hall–Kier alpha value is -3.59. The number of imidazole rings is 1. The molecule has 9 heteroatoms. The Balaban J connectivity index is 1.61. The maximum absolute atomic E-state index is 13.3. The zero-order valence-electron chi connectivity index (χ0n) is 17.6. The zero-order valence-corrected chi connectivity index (χ0v) is 18.5. The molecule has 0 bridgehead atoms. The van der Waals surface area contributed by atoms with Crippen LogP contribution in [0.15, 0.2) is 87.7 Å². The Labute approximate surface area is 186 Å². The molecule has 0 amide bonds. The van der Waals surface area contributed by atoms with E-state index >= 15 is 0 Å². The van der Waals surface area contributed by atoms with Crippen LogP contribution in [0.4, 0.5) is 5.88 Å². The van der Waals surface area contributed by atoms with Crippen LogP contribution < -0.4 is 10.1 Å². The van der Waals surface area contributed by atoms with Gasteiger partial charge in [-0.2, -0.15) is 4.98 Å². The number of aryl methyl sites for hydroxylation is 1. The molecule has 0 atom stereocenters. The standard InChI is InChI=1S/C23H24N4O4S/c1-2-30-19-11-9-18(10-12-19)21-26-23(32(28,29)20-7-4-3-5-8-20)22(31-21)25-13-6-15-27-16-14-24-17-27/h3-5,7-12,14,16-17,25H,2,6,13,15H2,1H3. The first-order valence-corrected chi connectivity index (χ1v) is 11.8. The van der Waals surface area contributed by atoms with Crippen LogP contribution in [0.3, 0.4) is 0 Å². The molecule has 2 heterocycles. The monoisotopic (exact) mass is 452 g/mol. The summed E-state index contributed by atoms with van der Waals surface area (Å²) in [5, 5.41) is 2.98. The molecule has 0 fully saturated rings. The van der Waals surface area contributed by atoms with Crippen molar-refractivity contribution in [3.05, 3.63) is 73.3 Å². The van der Waals surface area contributed by atoms with Gasteiger partial charge >= 0.3 is 0 Å². The summed E-state index contributed by atoms with van der Waals surface area (Å²) >= 11 is 0. The minimum atomic E-state index is -3.86. The maximum atomic E-state index is 13.3. The highest BCUT2D eigenvalue weighted by Crippen LogP contribution is 2.32. The van der Waals surface area contributed by atoms with E-state index in [9.17, 15) is 8.42 Å². The topological polar surface area (TPSA) is 99.2 Å². The Morgan fingerprint density at radius 3 is 2.56 bits per heavy atom. The SMILES string of the molecule is CCOc1ccc(-c2nc(S(=O)(=O)c3ccccc3)c(NCCCn3ccnc3)o2)cc1. The lowest BCUT2D eigenvalue weighted by molar-refractivity contribution is 0.340. The maximum Gasteiger partial charge on any atom is 0.233 e. The molecule has 4 aromatic rings. The van der Waals surface area contributed by atoms with Gasteiger partial charge in [-0.25, -0.2) is 13.4 Å². The summed E-state index contributed by atoms with van der Waals surface area (Å²) in [4.78, 5) is 8.54. The molecule has 0 aliphatic heterocycles. The second kappa shape index (κ2) is 9.69. The lowest BCUT2D eigenvalue weighted by Gasteiger charge is -2.06. The van der Waals surface area contributed by atoms with E-state index in [1.807, 2.05) is 17.7 Å². The van der Waals surface area contributed by atoms with Crippen LogP contribution >= 0.6 is 0 Å². The Morgan fingerprint density at radius 1 is 1.09 bits per heavy atom. The highest BCUT2D eigenvalue weighted by Gasteiger charge is 2.28. The number of nitrogens with one attached hydrogen (secondary N) is 1. The Kier molecular flexibility index (Phi) is 6.55. The predicted octanol–water partition coefficient (Wildman–Crippen LogP) is 4.27. The van der Waals surface area contributed by atoms with Crippen molar-refractivity contribution in [1.82, 2.24) is 14.5 Å². The van der Waals surface area contributed by atoms with E-state index < -0.39 is 9.84 Å². The molecule has 0 aliphatic rings. The molecule has 0 unspecified atom stereocenters. The first-order chi connectivity index (χ1) is 15.6. The van der Waals surface area contributed by atoms with Gasteiger partial charge in [-0.1, -0.05) is 18.2 Å². The van der Waals surface area contributed by atoms with Crippen LogP contribution in [0.2, 0.25) is 0 Å². The first kappa shape index (κ1) is 21.6. The number of benzene rings is 2. The van der Waals surface area contributed by atoms with Crippen molar-refractivity contribution in [2.45, 2.75) is 29.8 Å². The smallest absolute Gasteiger partial charge is 0.233 e. The number of nitrogens with zero attached hydrogens (tertiary/aromatic N) is 3. The predicted molar refractivity (Wildman–Crippen MR) is 120 cm³/mol. The number of ether oxygens (including phenoxy) is 1. The van der Waals surface area contributed by atoms with Crippen molar-refractivity contribution in [3.8, 4) is 17.2 Å². The molecule has 2 aromatic heterocycles. The van der Waals surface area contributed by atoms with Crippen LogP contribution in [0, 0.1) is 0 Å². The fourth-order valence-corrected chi connectivity index (χ4v) is 4.48. The quantitative estimate of drug-likeness (QED) is 0.359. The number of hydrogen-bond donors (Lipinski definition) is 1. The average molecular weight is 453 g/mol. The number of anilines is 1. The number of rotatable bonds is 10. The molecule has 2 aromatic carbocycles. The second-order valence-electron chi connectivity index (χ2n) is 7.01. The molecule has 0 aliphatic carbocycles. The van der Waals surface area contributed by atoms with E-state index in [1.54, 1.807) is 67.1 Å². The molecule has 166 valence electrons.